The van der Waals surface area contributed by atoms with Crippen molar-refractivity contribution in [3.05, 3.63) is 33.9 Å². The number of anilines is 1. The summed E-state index contributed by atoms with van der Waals surface area (Å²) in [6.07, 6.45) is 1.11. The second kappa shape index (κ2) is 7.61. The highest BCUT2D eigenvalue weighted by Gasteiger charge is 2.28. The average Bonchev–Trinajstić information content (AvgIpc) is 2.53. The lowest BCUT2D eigenvalue weighted by atomic mass is 9.91. The SMILES string of the molecule is CC1CC(C)CN(c2ccc(C(=O)NC(C)CO)cc2[N+](=O)[O-])C1. The molecule has 2 rings (SSSR count). The molecule has 1 fully saturated rings. The molecule has 0 spiro atoms. The maximum Gasteiger partial charge on any atom is 0.293 e. The van der Waals surface area contributed by atoms with Crippen LogP contribution in [-0.4, -0.2) is 41.7 Å². The summed E-state index contributed by atoms with van der Waals surface area (Å²) in [5.74, 6) is 0.523. The standard InChI is InChI=1S/C17H25N3O4/c1-11-6-12(2)9-19(8-11)15-5-4-14(7-16(15)20(23)24)17(22)18-13(3)10-21/h4-5,7,11-13,21H,6,8-10H2,1-3H3,(H,18,22). The van der Waals surface area contributed by atoms with E-state index in [4.69, 9.17) is 5.11 Å². The first-order valence-corrected chi connectivity index (χ1v) is 8.27. The van der Waals surface area contributed by atoms with Crippen molar-refractivity contribution in [3.63, 3.8) is 0 Å². The number of rotatable bonds is 5. The molecule has 24 heavy (non-hydrogen) atoms. The minimum absolute atomic E-state index is 0.0550. The summed E-state index contributed by atoms with van der Waals surface area (Å²) in [7, 11) is 0. The second-order valence-electron chi connectivity index (χ2n) is 6.87. The molecule has 132 valence electrons. The molecule has 1 amide bonds. The lowest BCUT2D eigenvalue weighted by molar-refractivity contribution is -0.384. The zero-order valence-electron chi connectivity index (χ0n) is 14.4. The second-order valence-corrected chi connectivity index (χ2v) is 6.87. The van der Waals surface area contributed by atoms with Gasteiger partial charge in [-0.05, 0) is 37.3 Å². The van der Waals surface area contributed by atoms with Crippen LogP contribution in [0.2, 0.25) is 0 Å². The van der Waals surface area contributed by atoms with Crippen molar-refractivity contribution < 1.29 is 14.8 Å². The Labute approximate surface area is 141 Å². The summed E-state index contributed by atoms with van der Waals surface area (Å²) >= 11 is 0. The summed E-state index contributed by atoms with van der Waals surface area (Å²) in [5, 5.41) is 23.1. The number of hydrogen-bond donors (Lipinski definition) is 2. The van der Waals surface area contributed by atoms with Gasteiger partial charge in [0.2, 0.25) is 0 Å². The van der Waals surface area contributed by atoms with Gasteiger partial charge in [0.25, 0.3) is 11.6 Å². The molecule has 1 saturated heterocycles. The third kappa shape index (κ3) is 4.23. The van der Waals surface area contributed by atoms with Gasteiger partial charge in [0, 0.05) is 30.8 Å². The van der Waals surface area contributed by atoms with Gasteiger partial charge in [0.15, 0.2) is 0 Å². The highest BCUT2D eigenvalue weighted by molar-refractivity contribution is 5.96. The normalized spacial score (nSPS) is 22.1. The van der Waals surface area contributed by atoms with Crippen molar-refractivity contribution in [1.29, 1.82) is 0 Å². The molecular weight excluding hydrogens is 310 g/mol. The summed E-state index contributed by atoms with van der Waals surface area (Å²) < 4.78 is 0. The first-order chi connectivity index (χ1) is 11.3. The third-order valence-corrected chi connectivity index (χ3v) is 4.30. The maximum absolute atomic E-state index is 12.1. The van der Waals surface area contributed by atoms with E-state index in [0.717, 1.165) is 19.5 Å². The van der Waals surface area contributed by atoms with E-state index >= 15 is 0 Å². The Morgan fingerprint density at radius 1 is 1.42 bits per heavy atom. The largest absolute Gasteiger partial charge is 0.394 e. The molecule has 0 aliphatic carbocycles. The fourth-order valence-corrected chi connectivity index (χ4v) is 3.29. The zero-order valence-corrected chi connectivity index (χ0v) is 14.4. The van der Waals surface area contributed by atoms with Crippen LogP contribution in [0.3, 0.4) is 0 Å². The van der Waals surface area contributed by atoms with Crippen molar-refractivity contribution >= 4 is 17.3 Å². The van der Waals surface area contributed by atoms with Crippen molar-refractivity contribution in [1.82, 2.24) is 5.32 Å². The monoisotopic (exact) mass is 335 g/mol. The van der Waals surface area contributed by atoms with E-state index in [1.165, 1.54) is 6.07 Å². The molecule has 0 radical (unpaired) electrons. The Balaban J connectivity index is 2.30. The Hall–Kier alpha value is -2.15. The van der Waals surface area contributed by atoms with Gasteiger partial charge in [0.05, 0.1) is 11.5 Å². The van der Waals surface area contributed by atoms with E-state index in [0.29, 0.717) is 17.5 Å². The van der Waals surface area contributed by atoms with Gasteiger partial charge in [-0.25, -0.2) is 0 Å². The van der Waals surface area contributed by atoms with Crippen LogP contribution in [0, 0.1) is 22.0 Å². The van der Waals surface area contributed by atoms with Crippen LogP contribution in [0.5, 0.6) is 0 Å². The molecule has 1 heterocycles. The molecule has 7 heteroatoms. The molecule has 1 aromatic rings. The lowest BCUT2D eigenvalue weighted by Gasteiger charge is -2.36. The molecule has 1 aliphatic heterocycles. The van der Waals surface area contributed by atoms with Crippen LogP contribution >= 0.6 is 0 Å². The number of carbonyl (C=O) groups excluding carboxylic acids is 1. The molecule has 0 aromatic heterocycles. The molecule has 1 aromatic carbocycles. The number of benzene rings is 1. The number of hydrogen-bond acceptors (Lipinski definition) is 5. The van der Waals surface area contributed by atoms with E-state index in [2.05, 4.69) is 19.2 Å². The average molecular weight is 335 g/mol. The predicted molar refractivity (Wildman–Crippen MR) is 92.3 cm³/mol. The van der Waals surface area contributed by atoms with E-state index < -0.39 is 16.9 Å². The predicted octanol–water partition coefficient (Wildman–Crippen LogP) is 2.19. The molecule has 0 saturated carbocycles. The van der Waals surface area contributed by atoms with E-state index in [9.17, 15) is 14.9 Å². The summed E-state index contributed by atoms with van der Waals surface area (Å²) in [6.45, 7) is 7.32. The van der Waals surface area contributed by atoms with Crippen molar-refractivity contribution in [2.75, 3.05) is 24.6 Å². The number of nitrogens with one attached hydrogen (secondary N) is 1. The smallest absolute Gasteiger partial charge is 0.293 e. The van der Waals surface area contributed by atoms with Crippen molar-refractivity contribution in [2.45, 2.75) is 33.2 Å². The summed E-state index contributed by atoms with van der Waals surface area (Å²) in [6, 6.07) is 4.17. The van der Waals surface area contributed by atoms with Crippen molar-refractivity contribution in [2.24, 2.45) is 11.8 Å². The van der Waals surface area contributed by atoms with E-state index in [1.54, 1.807) is 19.1 Å². The third-order valence-electron chi connectivity index (χ3n) is 4.30. The van der Waals surface area contributed by atoms with Crippen LogP contribution in [0.25, 0.3) is 0 Å². The molecule has 0 bridgehead atoms. The van der Waals surface area contributed by atoms with Gasteiger partial charge >= 0.3 is 0 Å². The molecule has 3 unspecified atom stereocenters. The minimum atomic E-state index is -0.439. The lowest BCUT2D eigenvalue weighted by Crippen LogP contribution is -2.39. The zero-order chi connectivity index (χ0) is 17.9. The Morgan fingerprint density at radius 2 is 2.04 bits per heavy atom. The first-order valence-electron chi connectivity index (χ1n) is 8.27. The number of aliphatic hydroxyl groups is 1. The topological polar surface area (TPSA) is 95.7 Å². The van der Waals surface area contributed by atoms with Gasteiger partial charge < -0.3 is 15.3 Å². The Bertz CT molecular complexity index is 610. The van der Waals surface area contributed by atoms with Crippen LogP contribution in [0.15, 0.2) is 18.2 Å². The van der Waals surface area contributed by atoms with E-state index in [-0.39, 0.29) is 17.9 Å². The fourth-order valence-electron chi connectivity index (χ4n) is 3.29. The Kier molecular flexibility index (Phi) is 5.77. The number of amides is 1. The number of nitro benzene ring substituents is 1. The van der Waals surface area contributed by atoms with Crippen LogP contribution in [-0.2, 0) is 0 Å². The molecule has 1 aliphatic rings. The van der Waals surface area contributed by atoms with Crippen molar-refractivity contribution in [3.8, 4) is 0 Å². The Morgan fingerprint density at radius 3 is 2.58 bits per heavy atom. The van der Waals surface area contributed by atoms with Gasteiger partial charge in [0.1, 0.15) is 5.69 Å². The summed E-state index contributed by atoms with van der Waals surface area (Å²) in [4.78, 5) is 25.2. The van der Waals surface area contributed by atoms with Gasteiger partial charge in [-0.2, -0.15) is 0 Å². The fraction of sp³-hybridized carbons (Fsp3) is 0.588. The van der Waals surface area contributed by atoms with Crippen LogP contribution < -0.4 is 10.2 Å². The number of aliphatic hydroxyl groups excluding tert-OH is 1. The summed E-state index contributed by atoms with van der Waals surface area (Å²) in [5.41, 5.74) is 0.731. The van der Waals surface area contributed by atoms with E-state index in [1.807, 2.05) is 4.90 Å². The maximum atomic E-state index is 12.1. The first kappa shape index (κ1) is 18.2. The van der Waals surface area contributed by atoms with Crippen LogP contribution in [0.1, 0.15) is 37.6 Å². The van der Waals surface area contributed by atoms with Gasteiger partial charge in [-0.3, -0.25) is 14.9 Å². The quantitative estimate of drug-likeness (QED) is 0.635. The molecular formula is C17H25N3O4. The van der Waals surface area contributed by atoms with Gasteiger partial charge in [-0.1, -0.05) is 13.8 Å². The van der Waals surface area contributed by atoms with Gasteiger partial charge in [-0.15, -0.1) is 0 Å². The molecule has 3 atom stereocenters. The van der Waals surface area contributed by atoms with Crippen LogP contribution in [0.4, 0.5) is 11.4 Å². The molecule has 7 nitrogen and oxygen atoms in total. The number of nitrogens with zero attached hydrogens (tertiary/aromatic N) is 2. The number of nitro groups is 1. The number of carbonyl (C=O) groups is 1. The molecule has 2 N–H and O–H groups in total. The number of piperidine rings is 1. The highest BCUT2D eigenvalue weighted by atomic mass is 16.6. The highest BCUT2D eigenvalue weighted by Crippen LogP contribution is 2.33. The minimum Gasteiger partial charge on any atom is -0.394 e.